The summed E-state index contributed by atoms with van der Waals surface area (Å²) in [6.45, 7) is 2.38. The molecule has 2 heterocycles. The molecule has 0 amide bonds. The lowest BCUT2D eigenvalue weighted by Crippen LogP contribution is -2.08. The molecule has 0 unspecified atom stereocenters. The number of aromatic nitrogens is 6. The summed E-state index contributed by atoms with van der Waals surface area (Å²) >= 11 is 7.36. The molecule has 2 aromatic carbocycles. The monoisotopic (exact) mass is 482 g/mol. The number of thioether (sulfide) groups is 1. The standard InChI is InChI=1S/C22H23ClN8OS/c1-3-14-6-4-5-7-17(14)25-21-27-18(26-20(24)28-21)13-33-22-30-29-19(31(22)2)12-32-16-10-8-15(23)9-11-16/h4-11H,3,12-13H2,1-2H3,(H3,24,25,26,27,28). The van der Waals surface area contributed by atoms with E-state index >= 15 is 0 Å². The van der Waals surface area contributed by atoms with E-state index in [9.17, 15) is 0 Å². The van der Waals surface area contributed by atoms with E-state index in [2.05, 4.69) is 43.5 Å². The number of benzene rings is 2. The summed E-state index contributed by atoms with van der Waals surface area (Å²) in [5.41, 5.74) is 8.03. The quantitative estimate of drug-likeness (QED) is 0.334. The Morgan fingerprint density at radius 3 is 2.64 bits per heavy atom. The lowest BCUT2D eigenvalue weighted by atomic mass is 10.1. The zero-order valence-corrected chi connectivity index (χ0v) is 19.8. The minimum absolute atomic E-state index is 0.159. The van der Waals surface area contributed by atoms with Gasteiger partial charge in [0, 0.05) is 17.8 Å². The predicted octanol–water partition coefficient (Wildman–Crippen LogP) is 4.41. The highest BCUT2D eigenvalue weighted by Crippen LogP contribution is 2.23. The van der Waals surface area contributed by atoms with Crippen LogP contribution in [0.1, 0.15) is 24.1 Å². The summed E-state index contributed by atoms with van der Waals surface area (Å²) in [6, 6.07) is 15.2. The van der Waals surface area contributed by atoms with Crippen molar-refractivity contribution in [2.24, 2.45) is 7.05 Å². The zero-order valence-electron chi connectivity index (χ0n) is 18.2. The lowest BCUT2D eigenvalue weighted by molar-refractivity contribution is 0.290. The van der Waals surface area contributed by atoms with Crippen molar-refractivity contribution in [3.05, 3.63) is 70.8 Å². The van der Waals surface area contributed by atoms with Gasteiger partial charge in [-0.1, -0.05) is 48.5 Å². The van der Waals surface area contributed by atoms with Crippen LogP contribution in [0.15, 0.2) is 53.7 Å². The molecule has 2 aromatic heterocycles. The molecule has 0 saturated carbocycles. The third-order valence-electron chi connectivity index (χ3n) is 4.78. The molecule has 0 saturated heterocycles. The number of nitrogens with zero attached hydrogens (tertiary/aromatic N) is 6. The number of hydrogen-bond acceptors (Lipinski definition) is 9. The summed E-state index contributed by atoms with van der Waals surface area (Å²) in [5.74, 6) is 2.98. The smallest absolute Gasteiger partial charge is 0.232 e. The highest BCUT2D eigenvalue weighted by atomic mass is 35.5. The van der Waals surface area contributed by atoms with Gasteiger partial charge in [0.2, 0.25) is 11.9 Å². The Kier molecular flexibility index (Phi) is 7.26. The van der Waals surface area contributed by atoms with E-state index < -0.39 is 0 Å². The first-order valence-electron chi connectivity index (χ1n) is 10.3. The molecule has 0 aliphatic carbocycles. The van der Waals surface area contributed by atoms with Crippen LogP contribution in [-0.4, -0.2) is 29.7 Å². The van der Waals surface area contributed by atoms with Crippen molar-refractivity contribution >= 4 is 40.9 Å². The summed E-state index contributed by atoms with van der Waals surface area (Å²) < 4.78 is 7.64. The second-order valence-electron chi connectivity index (χ2n) is 7.06. The van der Waals surface area contributed by atoms with Crippen LogP contribution in [-0.2, 0) is 25.8 Å². The van der Waals surface area contributed by atoms with Crippen LogP contribution >= 0.6 is 23.4 Å². The van der Waals surface area contributed by atoms with Crippen LogP contribution in [0.4, 0.5) is 17.6 Å². The van der Waals surface area contributed by atoms with Crippen molar-refractivity contribution < 1.29 is 4.74 Å². The first-order valence-corrected chi connectivity index (χ1v) is 11.6. The predicted molar refractivity (Wildman–Crippen MR) is 130 cm³/mol. The highest BCUT2D eigenvalue weighted by molar-refractivity contribution is 7.98. The Hall–Kier alpha value is -3.37. The van der Waals surface area contributed by atoms with Gasteiger partial charge in [-0.3, -0.25) is 0 Å². The van der Waals surface area contributed by atoms with Crippen molar-refractivity contribution in [2.75, 3.05) is 11.1 Å². The number of hydrogen-bond donors (Lipinski definition) is 2. The molecule has 0 aliphatic rings. The number of para-hydroxylation sites is 1. The number of ether oxygens (including phenoxy) is 1. The van der Waals surface area contributed by atoms with Gasteiger partial charge in [0.05, 0.1) is 5.75 Å². The van der Waals surface area contributed by atoms with Crippen LogP contribution in [0.5, 0.6) is 5.75 Å². The van der Waals surface area contributed by atoms with Crippen molar-refractivity contribution in [2.45, 2.75) is 30.9 Å². The number of nitrogens with one attached hydrogen (secondary N) is 1. The second kappa shape index (κ2) is 10.5. The summed E-state index contributed by atoms with van der Waals surface area (Å²) in [7, 11) is 1.89. The van der Waals surface area contributed by atoms with E-state index in [1.165, 1.54) is 17.3 Å². The van der Waals surface area contributed by atoms with Gasteiger partial charge in [-0.15, -0.1) is 10.2 Å². The van der Waals surface area contributed by atoms with Gasteiger partial charge in [-0.2, -0.15) is 15.0 Å². The topological polar surface area (TPSA) is 117 Å². The Labute approximate surface area is 200 Å². The summed E-state index contributed by atoms with van der Waals surface area (Å²) in [6.07, 6.45) is 0.892. The number of nitrogen functional groups attached to an aromatic ring is 1. The van der Waals surface area contributed by atoms with E-state index in [1.54, 1.807) is 12.1 Å². The fourth-order valence-corrected chi connectivity index (χ4v) is 3.94. The minimum atomic E-state index is 0.159. The van der Waals surface area contributed by atoms with Crippen LogP contribution in [0.2, 0.25) is 5.02 Å². The van der Waals surface area contributed by atoms with Gasteiger partial charge >= 0.3 is 0 Å². The molecule has 33 heavy (non-hydrogen) atoms. The number of halogens is 1. The first kappa shape index (κ1) is 22.8. The Bertz CT molecular complexity index is 1230. The van der Waals surface area contributed by atoms with E-state index in [0.29, 0.717) is 34.1 Å². The highest BCUT2D eigenvalue weighted by Gasteiger charge is 2.13. The van der Waals surface area contributed by atoms with Crippen molar-refractivity contribution in [3.8, 4) is 5.75 Å². The molecule has 11 heteroatoms. The average Bonchev–Trinajstić information content (AvgIpc) is 3.16. The van der Waals surface area contributed by atoms with Crippen molar-refractivity contribution in [1.29, 1.82) is 0 Å². The van der Waals surface area contributed by atoms with E-state index in [1.807, 2.05) is 41.9 Å². The zero-order chi connectivity index (χ0) is 23.2. The molecule has 0 bridgehead atoms. The van der Waals surface area contributed by atoms with Gasteiger partial charge < -0.3 is 20.4 Å². The summed E-state index contributed by atoms with van der Waals surface area (Å²) in [4.78, 5) is 13.0. The molecular weight excluding hydrogens is 460 g/mol. The maximum absolute atomic E-state index is 5.92. The van der Waals surface area contributed by atoms with Crippen LogP contribution in [0.3, 0.4) is 0 Å². The van der Waals surface area contributed by atoms with Gasteiger partial charge in [0.25, 0.3) is 0 Å². The SMILES string of the molecule is CCc1ccccc1Nc1nc(N)nc(CSc2nnc(COc3ccc(Cl)cc3)n2C)n1. The molecule has 4 aromatic rings. The maximum Gasteiger partial charge on any atom is 0.232 e. The molecular formula is C22H23ClN8OS. The number of nitrogens with two attached hydrogens (primary N) is 1. The maximum atomic E-state index is 5.92. The minimum Gasteiger partial charge on any atom is -0.486 e. The molecule has 9 nitrogen and oxygen atoms in total. The molecule has 170 valence electrons. The van der Waals surface area contributed by atoms with Crippen molar-refractivity contribution in [3.63, 3.8) is 0 Å². The first-order chi connectivity index (χ1) is 16.0. The van der Waals surface area contributed by atoms with Crippen LogP contribution < -0.4 is 15.8 Å². The lowest BCUT2D eigenvalue weighted by Gasteiger charge is -2.10. The van der Waals surface area contributed by atoms with E-state index in [4.69, 9.17) is 22.1 Å². The third kappa shape index (κ3) is 5.91. The average molecular weight is 483 g/mol. The van der Waals surface area contributed by atoms with Gasteiger partial charge in [0.15, 0.2) is 11.0 Å². The molecule has 0 radical (unpaired) electrons. The largest absolute Gasteiger partial charge is 0.486 e. The summed E-state index contributed by atoms with van der Waals surface area (Å²) in [5, 5.41) is 13.1. The molecule has 4 rings (SSSR count). The van der Waals surface area contributed by atoms with Gasteiger partial charge in [-0.05, 0) is 42.3 Å². The Balaban J connectivity index is 1.40. The fraction of sp³-hybridized carbons (Fsp3) is 0.227. The molecule has 0 fully saturated rings. The number of rotatable bonds is 9. The van der Waals surface area contributed by atoms with Gasteiger partial charge in [-0.25, -0.2) is 0 Å². The fourth-order valence-electron chi connectivity index (χ4n) is 3.03. The number of aryl methyl sites for hydroxylation is 1. The normalized spacial score (nSPS) is 10.9. The van der Waals surface area contributed by atoms with Crippen molar-refractivity contribution in [1.82, 2.24) is 29.7 Å². The molecule has 0 aliphatic heterocycles. The third-order valence-corrected chi connectivity index (χ3v) is 6.05. The van der Waals surface area contributed by atoms with Crippen LogP contribution in [0, 0.1) is 0 Å². The molecule has 3 N–H and O–H groups in total. The van der Waals surface area contributed by atoms with E-state index in [0.717, 1.165) is 17.3 Å². The Morgan fingerprint density at radius 1 is 1.06 bits per heavy atom. The molecule has 0 spiro atoms. The second-order valence-corrected chi connectivity index (χ2v) is 8.44. The Morgan fingerprint density at radius 2 is 1.85 bits per heavy atom. The van der Waals surface area contributed by atoms with Gasteiger partial charge in [0.1, 0.15) is 18.2 Å². The van der Waals surface area contributed by atoms with Crippen LogP contribution in [0.25, 0.3) is 0 Å². The molecule has 0 atom stereocenters. The van der Waals surface area contributed by atoms with E-state index in [-0.39, 0.29) is 12.6 Å². The number of anilines is 3.